The maximum Gasteiger partial charge on any atom is 0.188 e. The average molecular weight is 225 g/mol. The molecule has 1 aromatic heterocycles. The predicted molar refractivity (Wildman–Crippen MR) is 67.2 cm³/mol. The Morgan fingerprint density at radius 3 is 2.80 bits per heavy atom. The fourth-order valence-electron chi connectivity index (χ4n) is 1.10. The van der Waals surface area contributed by atoms with Crippen molar-refractivity contribution in [2.24, 2.45) is 16.6 Å². The molecule has 0 spiro atoms. The molecule has 0 unspecified atom stereocenters. The maximum absolute atomic E-state index is 5.72. The van der Waals surface area contributed by atoms with Gasteiger partial charge in [-0.25, -0.2) is 4.99 Å². The second kappa shape index (κ2) is 5.75. The molecule has 15 heavy (non-hydrogen) atoms. The number of nitrogens with one attached hydrogen (secondary N) is 1. The zero-order chi connectivity index (χ0) is 11.3. The van der Waals surface area contributed by atoms with Crippen molar-refractivity contribution in [2.75, 3.05) is 6.54 Å². The molecule has 0 aliphatic carbocycles. The monoisotopic (exact) mass is 225 g/mol. The van der Waals surface area contributed by atoms with Crippen LogP contribution < -0.4 is 11.1 Å². The van der Waals surface area contributed by atoms with Crippen LogP contribution in [0.3, 0.4) is 0 Å². The lowest BCUT2D eigenvalue weighted by atomic mass is 10.2. The topological polar surface area (TPSA) is 50.4 Å². The first-order valence-corrected chi connectivity index (χ1v) is 5.98. The summed E-state index contributed by atoms with van der Waals surface area (Å²) in [5.41, 5.74) is 5.72. The molecule has 0 radical (unpaired) electrons. The third-order valence-corrected chi connectivity index (χ3v) is 2.88. The van der Waals surface area contributed by atoms with Crippen LogP contribution in [0, 0.1) is 12.8 Å². The molecule has 1 rings (SSSR count). The zero-order valence-corrected chi connectivity index (χ0v) is 10.4. The minimum atomic E-state index is 0.537. The standard InChI is InChI=1S/C11H19N3S/c1-8(2)6-13-11(12)14-7-10-5-4-9(3)15-10/h4-5,8H,6-7H2,1-3H3,(H3,12,13,14). The quantitative estimate of drug-likeness (QED) is 0.609. The largest absolute Gasteiger partial charge is 0.370 e. The van der Waals surface area contributed by atoms with Gasteiger partial charge in [0.15, 0.2) is 5.96 Å². The molecule has 0 aromatic carbocycles. The van der Waals surface area contributed by atoms with Crippen LogP contribution in [0.5, 0.6) is 0 Å². The lowest BCUT2D eigenvalue weighted by Crippen LogP contribution is -2.34. The number of nitrogens with two attached hydrogens (primary N) is 1. The molecule has 0 aliphatic heterocycles. The number of guanidine groups is 1. The highest BCUT2D eigenvalue weighted by atomic mass is 32.1. The molecule has 84 valence electrons. The van der Waals surface area contributed by atoms with Crippen LogP contribution in [0.1, 0.15) is 23.6 Å². The highest BCUT2D eigenvalue weighted by Crippen LogP contribution is 2.15. The van der Waals surface area contributed by atoms with Crippen LogP contribution in [0.4, 0.5) is 0 Å². The number of thiophene rings is 1. The first kappa shape index (κ1) is 12.0. The van der Waals surface area contributed by atoms with Crippen molar-refractivity contribution in [1.29, 1.82) is 0 Å². The molecule has 0 aliphatic rings. The molecule has 1 heterocycles. The summed E-state index contributed by atoms with van der Waals surface area (Å²) in [6.07, 6.45) is 0. The van der Waals surface area contributed by atoms with Gasteiger partial charge in [-0.05, 0) is 25.0 Å². The van der Waals surface area contributed by atoms with E-state index in [0.29, 0.717) is 18.4 Å². The Hall–Kier alpha value is -1.03. The molecule has 0 saturated carbocycles. The number of aliphatic imine (C=N–C) groups is 1. The van der Waals surface area contributed by atoms with E-state index in [9.17, 15) is 0 Å². The van der Waals surface area contributed by atoms with Crippen molar-refractivity contribution < 1.29 is 0 Å². The second-order valence-corrected chi connectivity index (χ2v) is 5.36. The highest BCUT2D eigenvalue weighted by molar-refractivity contribution is 7.11. The van der Waals surface area contributed by atoms with Crippen molar-refractivity contribution in [1.82, 2.24) is 5.32 Å². The van der Waals surface area contributed by atoms with Crippen LogP contribution in [0.2, 0.25) is 0 Å². The van der Waals surface area contributed by atoms with E-state index in [1.54, 1.807) is 11.3 Å². The third kappa shape index (κ3) is 4.83. The van der Waals surface area contributed by atoms with Crippen molar-refractivity contribution in [3.8, 4) is 0 Å². The Kier molecular flexibility index (Phi) is 4.62. The Labute approximate surface area is 95.4 Å². The van der Waals surface area contributed by atoms with Gasteiger partial charge in [-0.15, -0.1) is 11.3 Å². The van der Waals surface area contributed by atoms with E-state index in [1.165, 1.54) is 9.75 Å². The van der Waals surface area contributed by atoms with Gasteiger partial charge in [-0.1, -0.05) is 13.8 Å². The van der Waals surface area contributed by atoms with Crippen molar-refractivity contribution in [2.45, 2.75) is 27.3 Å². The van der Waals surface area contributed by atoms with Crippen LogP contribution in [0.15, 0.2) is 17.1 Å². The van der Waals surface area contributed by atoms with Crippen molar-refractivity contribution in [3.05, 3.63) is 21.9 Å². The molecule has 0 atom stereocenters. The Morgan fingerprint density at radius 1 is 1.53 bits per heavy atom. The molecule has 3 N–H and O–H groups in total. The lowest BCUT2D eigenvalue weighted by Gasteiger charge is -2.07. The van der Waals surface area contributed by atoms with Gasteiger partial charge >= 0.3 is 0 Å². The van der Waals surface area contributed by atoms with Crippen LogP contribution in [-0.2, 0) is 6.54 Å². The van der Waals surface area contributed by atoms with Crippen molar-refractivity contribution >= 4 is 17.3 Å². The number of hydrogen-bond acceptors (Lipinski definition) is 2. The minimum absolute atomic E-state index is 0.537. The van der Waals surface area contributed by atoms with E-state index in [1.807, 2.05) is 0 Å². The van der Waals surface area contributed by atoms with Gasteiger partial charge in [-0.2, -0.15) is 0 Å². The van der Waals surface area contributed by atoms with Crippen LogP contribution >= 0.6 is 11.3 Å². The van der Waals surface area contributed by atoms with Gasteiger partial charge in [0.25, 0.3) is 0 Å². The first-order valence-electron chi connectivity index (χ1n) is 5.17. The summed E-state index contributed by atoms with van der Waals surface area (Å²) in [6.45, 7) is 7.93. The van der Waals surface area contributed by atoms with E-state index in [-0.39, 0.29) is 0 Å². The molecule has 0 amide bonds. The molecule has 0 fully saturated rings. The summed E-state index contributed by atoms with van der Waals surface area (Å²) in [4.78, 5) is 6.84. The normalized spacial score (nSPS) is 12.1. The van der Waals surface area contributed by atoms with E-state index in [0.717, 1.165) is 6.54 Å². The maximum atomic E-state index is 5.72. The average Bonchev–Trinajstić information content (AvgIpc) is 2.58. The number of aryl methyl sites for hydroxylation is 1. The zero-order valence-electron chi connectivity index (χ0n) is 9.58. The summed E-state index contributed by atoms with van der Waals surface area (Å²) >= 11 is 1.76. The minimum Gasteiger partial charge on any atom is -0.370 e. The lowest BCUT2D eigenvalue weighted by molar-refractivity contribution is 0.622. The van der Waals surface area contributed by atoms with Crippen LogP contribution in [-0.4, -0.2) is 12.5 Å². The molecule has 4 heteroatoms. The molecule has 3 nitrogen and oxygen atoms in total. The molecule has 0 saturated heterocycles. The fraction of sp³-hybridized carbons (Fsp3) is 0.545. The Balaban J connectivity index is 2.36. The molecule has 1 aromatic rings. The van der Waals surface area contributed by atoms with E-state index >= 15 is 0 Å². The third-order valence-electron chi connectivity index (χ3n) is 1.89. The Bertz CT molecular complexity index is 328. The highest BCUT2D eigenvalue weighted by Gasteiger charge is 1.97. The van der Waals surface area contributed by atoms with E-state index in [2.05, 4.69) is 43.2 Å². The SMILES string of the molecule is Cc1ccc(CN=C(N)NCC(C)C)s1. The van der Waals surface area contributed by atoms with Gasteiger partial charge in [0.05, 0.1) is 6.54 Å². The van der Waals surface area contributed by atoms with Gasteiger partial charge in [0.2, 0.25) is 0 Å². The van der Waals surface area contributed by atoms with Gasteiger partial charge in [-0.3, -0.25) is 0 Å². The number of nitrogens with zero attached hydrogens (tertiary/aromatic N) is 1. The second-order valence-electron chi connectivity index (χ2n) is 3.99. The molecule has 0 bridgehead atoms. The van der Waals surface area contributed by atoms with E-state index < -0.39 is 0 Å². The van der Waals surface area contributed by atoms with Crippen molar-refractivity contribution in [3.63, 3.8) is 0 Å². The van der Waals surface area contributed by atoms with Gasteiger partial charge in [0, 0.05) is 16.3 Å². The number of rotatable bonds is 4. The summed E-state index contributed by atoms with van der Waals surface area (Å²) in [5, 5.41) is 3.09. The summed E-state index contributed by atoms with van der Waals surface area (Å²) in [6, 6.07) is 4.20. The van der Waals surface area contributed by atoms with Gasteiger partial charge < -0.3 is 11.1 Å². The Morgan fingerprint density at radius 2 is 2.27 bits per heavy atom. The summed E-state index contributed by atoms with van der Waals surface area (Å²) in [7, 11) is 0. The predicted octanol–water partition coefficient (Wildman–Crippen LogP) is 2.12. The van der Waals surface area contributed by atoms with Crippen LogP contribution in [0.25, 0.3) is 0 Å². The molecular weight excluding hydrogens is 206 g/mol. The van der Waals surface area contributed by atoms with Gasteiger partial charge in [0.1, 0.15) is 0 Å². The summed E-state index contributed by atoms with van der Waals surface area (Å²) in [5.74, 6) is 1.12. The smallest absolute Gasteiger partial charge is 0.188 e. The number of hydrogen-bond donors (Lipinski definition) is 2. The van der Waals surface area contributed by atoms with E-state index in [4.69, 9.17) is 5.73 Å². The first-order chi connectivity index (χ1) is 7.08. The summed E-state index contributed by atoms with van der Waals surface area (Å²) < 4.78 is 0. The molecular formula is C11H19N3S. The fourth-order valence-corrected chi connectivity index (χ4v) is 1.91.